The highest BCUT2D eigenvalue weighted by atomic mass is 31.2. The number of methoxy groups -OCH3 is 1. The average molecular weight is 322 g/mol. The molecule has 1 amide bonds. The number of para-hydroxylation sites is 2. The van der Waals surface area contributed by atoms with E-state index < -0.39 is 13.8 Å². The van der Waals surface area contributed by atoms with Crippen molar-refractivity contribution >= 4 is 13.8 Å². The number of benzene rings is 2. The first-order valence-electron chi connectivity index (χ1n) is 6.32. The van der Waals surface area contributed by atoms with Crippen LogP contribution in [0.3, 0.4) is 0 Å². The molecule has 2 rings (SSSR count). The summed E-state index contributed by atoms with van der Waals surface area (Å²) in [6.45, 7) is 0. The second-order valence-corrected chi connectivity index (χ2v) is 5.62. The molecule has 0 aliphatic heterocycles. The first-order valence-corrected chi connectivity index (χ1v) is 7.86. The third-order valence-electron chi connectivity index (χ3n) is 2.42. The molecular weight excluding hydrogens is 307 g/mol. The molecule has 0 aliphatic rings. The van der Waals surface area contributed by atoms with Gasteiger partial charge >= 0.3 is 13.8 Å². The van der Waals surface area contributed by atoms with Gasteiger partial charge in [0.25, 0.3) is 0 Å². The molecular formula is C14H15N2O5P. The van der Waals surface area contributed by atoms with E-state index in [9.17, 15) is 9.36 Å². The molecule has 0 heterocycles. The van der Waals surface area contributed by atoms with Crippen molar-refractivity contribution in [1.82, 2.24) is 10.6 Å². The molecule has 116 valence electrons. The van der Waals surface area contributed by atoms with Gasteiger partial charge in [0.15, 0.2) is 0 Å². The minimum absolute atomic E-state index is 0.320. The molecule has 0 saturated heterocycles. The first-order chi connectivity index (χ1) is 10.6. The molecule has 0 unspecified atom stereocenters. The highest BCUT2D eigenvalue weighted by Gasteiger charge is 2.29. The number of amides is 1. The standard InChI is InChI=1S/C14H15N2O5P/c1-19-14(17)15-16-22(18,20-12-8-4-2-5-9-12)21-13-10-6-3-7-11-13/h2-11H,1H3,(H,15,17)(H,16,18). The van der Waals surface area contributed by atoms with Crippen molar-refractivity contribution in [3.05, 3.63) is 60.7 Å². The van der Waals surface area contributed by atoms with Gasteiger partial charge in [-0.05, 0) is 24.3 Å². The molecule has 8 heteroatoms. The number of hydrazine groups is 1. The summed E-state index contributed by atoms with van der Waals surface area (Å²) in [5.74, 6) is 0.641. The zero-order valence-electron chi connectivity index (χ0n) is 11.8. The van der Waals surface area contributed by atoms with E-state index >= 15 is 0 Å². The zero-order chi connectivity index (χ0) is 15.8. The van der Waals surface area contributed by atoms with Crippen LogP contribution >= 0.6 is 7.75 Å². The summed E-state index contributed by atoms with van der Waals surface area (Å²) in [6.07, 6.45) is -0.825. The highest BCUT2D eigenvalue weighted by molar-refractivity contribution is 7.52. The van der Waals surface area contributed by atoms with E-state index in [2.05, 4.69) is 15.4 Å². The van der Waals surface area contributed by atoms with Crippen molar-refractivity contribution in [1.29, 1.82) is 0 Å². The number of hydrogen-bond acceptors (Lipinski definition) is 5. The number of carbonyl (C=O) groups excluding carboxylic acids is 1. The van der Waals surface area contributed by atoms with Gasteiger partial charge in [-0.3, -0.25) is 0 Å². The van der Waals surface area contributed by atoms with Crippen LogP contribution in [0.1, 0.15) is 0 Å². The maximum absolute atomic E-state index is 12.7. The normalized spacial score (nSPS) is 10.6. The van der Waals surface area contributed by atoms with E-state index in [0.717, 1.165) is 0 Å². The van der Waals surface area contributed by atoms with E-state index in [-0.39, 0.29) is 0 Å². The Morgan fingerprint density at radius 2 is 1.36 bits per heavy atom. The van der Waals surface area contributed by atoms with Gasteiger partial charge in [0.05, 0.1) is 7.11 Å². The summed E-state index contributed by atoms with van der Waals surface area (Å²) in [5, 5.41) is 2.23. The van der Waals surface area contributed by atoms with Crippen LogP contribution in [0.4, 0.5) is 4.79 Å². The molecule has 0 fully saturated rings. The van der Waals surface area contributed by atoms with Gasteiger partial charge in [0.1, 0.15) is 11.5 Å². The Morgan fingerprint density at radius 3 is 1.77 bits per heavy atom. The minimum atomic E-state index is -3.89. The lowest BCUT2D eigenvalue weighted by Crippen LogP contribution is -2.37. The second-order valence-electron chi connectivity index (χ2n) is 4.03. The molecule has 0 saturated carbocycles. The first kappa shape index (κ1) is 15.9. The Balaban J connectivity index is 2.15. The number of hydrogen-bond donors (Lipinski definition) is 2. The molecule has 0 bridgehead atoms. The SMILES string of the molecule is COC(=O)NNP(=O)(Oc1ccccc1)Oc1ccccc1. The molecule has 0 aromatic heterocycles. The number of nitrogens with one attached hydrogen (secondary N) is 2. The molecule has 2 aromatic rings. The lowest BCUT2D eigenvalue weighted by molar-refractivity contribution is 0.167. The van der Waals surface area contributed by atoms with Crippen molar-refractivity contribution in [2.24, 2.45) is 0 Å². The fourth-order valence-corrected chi connectivity index (χ4v) is 2.62. The Kier molecular flexibility index (Phi) is 5.41. The molecule has 0 atom stereocenters. The van der Waals surface area contributed by atoms with Crippen LogP contribution in [-0.2, 0) is 9.30 Å². The van der Waals surface area contributed by atoms with E-state index in [1.807, 2.05) is 0 Å². The fourth-order valence-electron chi connectivity index (χ4n) is 1.47. The van der Waals surface area contributed by atoms with Crippen LogP contribution in [0.25, 0.3) is 0 Å². The Hall–Kier alpha value is -2.50. The summed E-state index contributed by atoms with van der Waals surface area (Å²) in [7, 11) is -2.71. The zero-order valence-corrected chi connectivity index (χ0v) is 12.7. The average Bonchev–Trinajstić information content (AvgIpc) is 2.54. The van der Waals surface area contributed by atoms with Crippen LogP contribution in [0, 0.1) is 0 Å². The van der Waals surface area contributed by atoms with Crippen molar-refractivity contribution in [3.63, 3.8) is 0 Å². The van der Waals surface area contributed by atoms with Gasteiger partial charge in [-0.1, -0.05) is 36.4 Å². The number of carbonyl (C=O) groups is 1. The van der Waals surface area contributed by atoms with Crippen LogP contribution in [0.2, 0.25) is 0 Å². The monoisotopic (exact) mass is 322 g/mol. The van der Waals surface area contributed by atoms with E-state index in [1.165, 1.54) is 7.11 Å². The van der Waals surface area contributed by atoms with Gasteiger partial charge in [-0.25, -0.2) is 14.8 Å². The number of ether oxygens (including phenoxy) is 1. The van der Waals surface area contributed by atoms with Crippen LogP contribution in [-0.4, -0.2) is 13.2 Å². The van der Waals surface area contributed by atoms with Gasteiger partial charge in [-0.15, -0.1) is 5.20 Å². The molecule has 0 aliphatic carbocycles. The Morgan fingerprint density at radius 1 is 0.909 bits per heavy atom. The van der Waals surface area contributed by atoms with Crippen LogP contribution in [0.15, 0.2) is 60.7 Å². The van der Waals surface area contributed by atoms with Gasteiger partial charge < -0.3 is 13.8 Å². The molecule has 0 radical (unpaired) electrons. The highest BCUT2D eigenvalue weighted by Crippen LogP contribution is 2.43. The Bertz CT molecular complexity index is 605. The summed E-state index contributed by atoms with van der Waals surface area (Å²) in [5.41, 5.74) is 2.09. The quantitative estimate of drug-likeness (QED) is 0.628. The topological polar surface area (TPSA) is 85.9 Å². The van der Waals surface area contributed by atoms with E-state index in [1.54, 1.807) is 60.7 Å². The van der Waals surface area contributed by atoms with Crippen LogP contribution in [0.5, 0.6) is 11.5 Å². The summed E-state index contributed by atoms with van der Waals surface area (Å²) in [6, 6.07) is 16.9. The predicted octanol–water partition coefficient (Wildman–Crippen LogP) is 3.11. The Labute approximate surface area is 127 Å². The lowest BCUT2D eigenvalue weighted by atomic mass is 10.3. The van der Waals surface area contributed by atoms with E-state index in [0.29, 0.717) is 11.5 Å². The summed E-state index contributed by atoms with van der Waals surface area (Å²) >= 11 is 0. The maximum atomic E-state index is 12.7. The third kappa shape index (κ3) is 4.80. The number of rotatable bonds is 6. The molecule has 2 aromatic carbocycles. The van der Waals surface area contributed by atoms with Crippen molar-refractivity contribution in [3.8, 4) is 11.5 Å². The molecule has 0 spiro atoms. The van der Waals surface area contributed by atoms with Gasteiger partial charge in [0, 0.05) is 0 Å². The van der Waals surface area contributed by atoms with E-state index in [4.69, 9.17) is 9.05 Å². The molecule has 2 N–H and O–H groups in total. The molecule has 7 nitrogen and oxygen atoms in total. The van der Waals surface area contributed by atoms with Gasteiger partial charge in [-0.2, -0.15) is 0 Å². The minimum Gasteiger partial charge on any atom is -0.452 e. The largest absolute Gasteiger partial charge is 0.530 e. The maximum Gasteiger partial charge on any atom is 0.530 e. The summed E-state index contributed by atoms with van der Waals surface area (Å²) in [4.78, 5) is 11.1. The lowest BCUT2D eigenvalue weighted by Gasteiger charge is -2.20. The van der Waals surface area contributed by atoms with Crippen molar-refractivity contribution in [2.75, 3.05) is 7.11 Å². The molecule has 22 heavy (non-hydrogen) atoms. The van der Waals surface area contributed by atoms with Crippen molar-refractivity contribution in [2.45, 2.75) is 0 Å². The smallest absolute Gasteiger partial charge is 0.452 e. The predicted molar refractivity (Wildman–Crippen MR) is 80.4 cm³/mol. The summed E-state index contributed by atoms with van der Waals surface area (Å²) < 4.78 is 27.9. The van der Waals surface area contributed by atoms with Crippen molar-refractivity contribution < 1.29 is 23.1 Å². The fraction of sp³-hybridized carbons (Fsp3) is 0.0714. The third-order valence-corrected chi connectivity index (χ3v) is 3.71. The second kappa shape index (κ2) is 7.49. The van der Waals surface area contributed by atoms with Gasteiger partial charge in [0.2, 0.25) is 0 Å². The van der Waals surface area contributed by atoms with Crippen LogP contribution < -0.4 is 19.7 Å².